The van der Waals surface area contributed by atoms with Gasteiger partial charge in [0.15, 0.2) is 5.76 Å². The largest absolute Gasteiger partial charge is 0.494 e. The van der Waals surface area contributed by atoms with Crippen molar-refractivity contribution in [1.29, 1.82) is 0 Å². The molecule has 174 valence electrons. The van der Waals surface area contributed by atoms with Gasteiger partial charge in [0.25, 0.3) is 0 Å². The molecule has 0 radical (unpaired) electrons. The van der Waals surface area contributed by atoms with E-state index in [0.29, 0.717) is 18.8 Å². The van der Waals surface area contributed by atoms with Crippen LogP contribution in [0.1, 0.15) is 68.3 Å². The lowest BCUT2D eigenvalue weighted by Gasteiger charge is -2.36. The summed E-state index contributed by atoms with van der Waals surface area (Å²) in [5.41, 5.74) is 3.47. The molecule has 1 saturated heterocycles. The quantitative estimate of drug-likeness (QED) is 0.478. The lowest BCUT2D eigenvalue weighted by molar-refractivity contribution is -0.134. The number of amides is 1. The summed E-state index contributed by atoms with van der Waals surface area (Å²) in [6.07, 6.45) is 6.87. The van der Waals surface area contributed by atoms with Crippen LogP contribution in [-0.4, -0.2) is 39.1 Å². The van der Waals surface area contributed by atoms with Gasteiger partial charge in [-0.3, -0.25) is 4.79 Å². The zero-order valence-electron chi connectivity index (χ0n) is 19.7. The van der Waals surface area contributed by atoms with Gasteiger partial charge >= 0.3 is 0 Å². The molecule has 33 heavy (non-hydrogen) atoms. The predicted octanol–water partition coefficient (Wildman–Crippen LogP) is 5.09. The molecule has 7 nitrogen and oxygen atoms in total. The van der Waals surface area contributed by atoms with Crippen molar-refractivity contribution in [3.05, 3.63) is 59.3 Å². The fourth-order valence-corrected chi connectivity index (χ4v) is 4.37. The summed E-state index contributed by atoms with van der Waals surface area (Å²) in [6, 6.07) is 9.57. The highest BCUT2D eigenvalue weighted by molar-refractivity contribution is 5.79. The maximum absolute atomic E-state index is 13.4. The summed E-state index contributed by atoms with van der Waals surface area (Å²) >= 11 is 0. The van der Waals surface area contributed by atoms with E-state index in [1.165, 1.54) is 0 Å². The molecule has 1 aliphatic rings. The Balaban J connectivity index is 1.63. The molecule has 1 aliphatic heterocycles. The van der Waals surface area contributed by atoms with Crippen LogP contribution in [0.15, 0.2) is 41.1 Å². The molecule has 1 amide bonds. The molecule has 0 spiro atoms. The standard InChI is InChI=1S/C26H32N4O3/c1-4-8-24-27-17-21(23-15-18(3)29-33-23)26(28-24)22-9-6-7-14-30(22)25(31)16-19-10-12-20(13-11-19)32-5-2/h10-13,15,17,22H,4-9,14,16H2,1-3H3. The van der Waals surface area contributed by atoms with Crippen LogP contribution in [0.3, 0.4) is 0 Å². The number of likely N-dealkylation sites (tertiary alicyclic amines) is 1. The number of hydrogen-bond donors (Lipinski definition) is 0. The molecule has 3 heterocycles. The second kappa shape index (κ2) is 10.6. The molecular formula is C26H32N4O3. The van der Waals surface area contributed by atoms with Crippen LogP contribution in [0.25, 0.3) is 11.3 Å². The number of hydrogen-bond acceptors (Lipinski definition) is 6. The first-order valence-corrected chi connectivity index (χ1v) is 11.9. The highest BCUT2D eigenvalue weighted by Gasteiger charge is 2.32. The van der Waals surface area contributed by atoms with Gasteiger partial charge < -0.3 is 14.2 Å². The number of rotatable bonds is 8. The molecule has 4 rings (SSSR count). The van der Waals surface area contributed by atoms with Crippen LogP contribution in [0.5, 0.6) is 5.75 Å². The smallest absolute Gasteiger partial charge is 0.227 e. The number of ether oxygens (including phenoxy) is 1. The summed E-state index contributed by atoms with van der Waals surface area (Å²) in [4.78, 5) is 24.9. The van der Waals surface area contributed by atoms with Gasteiger partial charge in [-0.05, 0) is 57.2 Å². The minimum atomic E-state index is -0.104. The van der Waals surface area contributed by atoms with Crippen molar-refractivity contribution < 1.29 is 14.1 Å². The molecular weight excluding hydrogens is 416 g/mol. The van der Waals surface area contributed by atoms with E-state index in [0.717, 1.165) is 72.7 Å². The maximum atomic E-state index is 13.4. The summed E-state index contributed by atoms with van der Waals surface area (Å²) < 4.78 is 11.1. The van der Waals surface area contributed by atoms with Crippen molar-refractivity contribution in [1.82, 2.24) is 20.0 Å². The van der Waals surface area contributed by atoms with Crippen LogP contribution in [-0.2, 0) is 17.6 Å². The van der Waals surface area contributed by atoms with Crippen LogP contribution in [0.2, 0.25) is 0 Å². The Labute approximate surface area is 195 Å². The van der Waals surface area contributed by atoms with E-state index in [9.17, 15) is 4.79 Å². The minimum absolute atomic E-state index is 0.104. The Kier molecular flexibility index (Phi) is 7.37. The Morgan fingerprint density at radius 2 is 2.03 bits per heavy atom. The number of benzene rings is 1. The summed E-state index contributed by atoms with van der Waals surface area (Å²) in [7, 11) is 0. The van der Waals surface area contributed by atoms with E-state index < -0.39 is 0 Å². The molecule has 7 heteroatoms. The average Bonchev–Trinajstić information content (AvgIpc) is 3.27. The molecule has 0 aliphatic carbocycles. The molecule has 1 fully saturated rings. The Morgan fingerprint density at radius 3 is 2.73 bits per heavy atom. The molecule has 2 aromatic heterocycles. The lowest BCUT2D eigenvalue weighted by Crippen LogP contribution is -2.40. The Hall–Kier alpha value is -3.22. The predicted molar refractivity (Wildman–Crippen MR) is 126 cm³/mol. The first-order chi connectivity index (χ1) is 16.1. The van der Waals surface area contributed by atoms with Gasteiger partial charge in [-0.25, -0.2) is 9.97 Å². The van der Waals surface area contributed by atoms with Gasteiger partial charge in [0.05, 0.1) is 36.0 Å². The number of aryl methyl sites for hydroxylation is 2. The Morgan fingerprint density at radius 1 is 1.21 bits per heavy atom. The van der Waals surface area contributed by atoms with Crippen LogP contribution < -0.4 is 4.74 Å². The van der Waals surface area contributed by atoms with Crippen LogP contribution >= 0.6 is 0 Å². The third-order valence-electron chi connectivity index (χ3n) is 5.96. The fraction of sp³-hybridized carbons (Fsp3) is 0.462. The van der Waals surface area contributed by atoms with Gasteiger partial charge in [-0.2, -0.15) is 0 Å². The van der Waals surface area contributed by atoms with Crippen molar-refractivity contribution in [3.8, 4) is 17.1 Å². The first kappa shape index (κ1) is 23.0. The highest BCUT2D eigenvalue weighted by Crippen LogP contribution is 2.36. The van der Waals surface area contributed by atoms with Gasteiger partial charge in [0, 0.05) is 25.2 Å². The first-order valence-electron chi connectivity index (χ1n) is 11.9. The average molecular weight is 449 g/mol. The van der Waals surface area contributed by atoms with Gasteiger partial charge in [0.1, 0.15) is 11.6 Å². The van der Waals surface area contributed by atoms with E-state index in [2.05, 4.69) is 17.1 Å². The van der Waals surface area contributed by atoms with E-state index in [1.54, 1.807) is 0 Å². The SMILES string of the molecule is CCCc1ncc(-c2cc(C)no2)c(C2CCCCN2C(=O)Cc2ccc(OCC)cc2)n1. The number of carbonyl (C=O) groups is 1. The Bertz CT molecular complexity index is 1080. The lowest BCUT2D eigenvalue weighted by atomic mass is 9.94. The van der Waals surface area contributed by atoms with Gasteiger partial charge in [0.2, 0.25) is 5.91 Å². The summed E-state index contributed by atoms with van der Waals surface area (Å²) in [5.74, 6) is 2.38. The molecule has 1 aromatic carbocycles. The van der Waals surface area contributed by atoms with E-state index in [-0.39, 0.29) is 11.9 Å². The number of piperidine rings is 1. The highest BCUT2D eigenvalue weighted by atomic mass is 16.5. The summed E-state index contributed by atoms with van der Waals surface area (Å²) in [6.45, 7) is 7.32. The van der Waals surface area contributed by atoms with Crippen molar-refractivity contribution in [3.63, 3.8) is 0 Å². The van der Waals surface area contributed by atoms with Crippen molar-refractivity contribution in [2.45, 2.75) is 65.3 Å². The molecule has 0 saturated carbocycles. The molecule has 1 unspecified atom stereocenters. The van der Waals surface area contributed by atoms with Crippen molar-refractivity contribution >= 4 is 5.91 Å². The monoisotopic (exact) mass is 448 g/mol. The van der Waals surface area contributed by atoms with E-state index in [1.807, 2.05) is 55.3 Å². The molecule has 0 N–H and O–H groups in total. The van der Waals surface area contributed by atoms with Crippen LogP contribution in [0, 0.1) is 6.92 Å². The number of carbonyl (C=O) groups excluding carboxylic acids is 1. The zero-order chi connectivity index (χ0) is 23.2. The molecule has 0 bridgehead atoms. The second-order valence-corrected chi connectivity index (χ2v) is 8.52. The van der Waals surface area contributed by atoms with E-state index >= 15 is 0 Å². The number of nitrogens with zero attached hydrogens (tertiary/aromatic N) is 4. The van der Waals surface area contributed by atoms with Gasteiger partial charge in [-0.15, -0.1) is 0 Å². The minimum Gasteiger partial charge on any atom is -0.494 e. The topological polar surface area (TPSA) is 81.4 Å². The fourth-order valence-electron chi connectivity index (χ4n) is 4.37. The van der Waals surface area contributed by atoms with Crippen molar-refractivity contribution in [2.24, 2.45) is 0 Å². The number of aromatic nitrogens is 3. The third-order valence-corrected chi connectivity index (χ3v) is 5.96. The van der Waals surface area contributed by atoms with Crippen molar-refractivity contribution in [2.75, 3.05) is 13.2 Å². The maximum Gasteiger partial charge on any atom is 0.227 e. The van der Waals surface area contributed by atoms with Crippen LogP contribution in [0.4, 0.5) is 0 Å². The second-order valence-electron chi connectivity index (χ2n) is 8.52. The molecule has 1 atom stereocenters. The zero-order valence-corrected chi connectivity index (χ0v) is 19.7. The summed E-state index contributed by atoms with van der Waals surface area (Å²) in [5, 5.41) is 4.05. The van der Waals surface area contributed by atoms with Gasteiger partial charge in [-0.1, -0.05) is 24.2 Å². The normalized spacial score (nSPS) is 16.1. The third kappa shape index (κ3) is 5.41. The molecule has 3 aromatic rings. The van der Waals surface area contributed by atoms with E-state index in [4.69, 9.17) is 14.2 Å².